The minimum Gasteiger partial charge on any atom is -0.489 e. The van der Waals surface area contributed by atoms with E-state index in [9.17, 15) is 10.2 Å². The summed E-state index contributed by atoms with van der Waals surface area (Å²) in [5.41, 5.74) is 3.22. The van der Waals surface area contributed by atoms with Crippen molar-refractivity contribution in [3.63, 3.8) is 0 Å². The Labute approximate surface area is 293 Å². The van der Waals surface area contributed by atoms with Crippen LogP contribution in [0.3, 0.4) is 0 Å². The lowest BCUT2D eigenvalue weighted by molar-refractivity contribution is -0.170. The number of hydrogen-bond donors (Lipinski definition) is 3. The maximum Gasteiger partial charge on any atom is 0.231 e. The summed E-state index contributed by atoms with van der Waals surface area (Å²) < 4.78 is 34.7. The molecule has 0 bridgehead atoms. The van der Waals surface area contributed by atoms with E-state index in [2.05, 4.69) is 53.5 Å². The molecule has 0 saturated carbocycles. The van der Waals surface area contributed by atoms with Gasteiger partial charge < -0.3 is 43.5 Å². The lowest BCUT2D eigenvalue weighted by Gasteiger charge is -2.32. The van der Waals surface area contributed by atoms with Crippen molar-refractivity contribution < 1.29 is 38.6 Å². The topological polar surface area (TPSA) is 111 Å². The monoisotopic (exact) mass is 684 g/mol. The van der Waals surface area contributed by atoms with Crippen LogP contribution in [0.4, 0.5) is 0 Å². The van der Waals surface area contributed by atoms with Crippen LogP contribution in [-0.2, 0) is 33.7 Å². The SMILES string of the molecule is CC(Cc1cccc2c1OCO2)CN(C)CC(O)C(Cc1ccc(OCc2ccc3ccccc3c2)cc1)NC(O)OC1CO[C@H]2OCC[C@@H]12. The van der Waals surface area contributed by atoms with Gasteiger partial charge in [0.1, 0.15) is 12.4 Å². The van der Waals surface area contributed by atoms with Crippen molar-refractivity contribution in [3.05, 3.63) is 102 Å². The predicted octanol–water partition coefficient (Wildman–Crippen LogP) is 4.87. The molecular formula is C40H48N2O8. The number of nitrogens with one attached hydrogen (secondary N) is 1. The summed E-state index contributed by atoms with van der Waals surface area (Å²) in [5.74, 6) is 2.77. The molecule has 2 saturated heterocycles. The molecule has 0 spiro atoms. The van der Waals surface area contributed by atoms with Crippen molar-refractivity contribution in [2.24, 2.45) is 11.8 Å². The summed E-state index contributed by atoms with van der Waals surface area (Å²) in [6.07, 6.45) is -0.502. The first-order chi connectivity index (χ1) is 24.4. The second-order valence-corrected chi connectivity index (χ2v) is 13.9. The fraction of sp³-hybridized carbons (Fsp3) is 0.450. The molecule has 10 heteroatoms. The Morgan fingerprint density at radius 1 is 0.880 bits per heavy atom. The van der Waals surface area contributed by atoms with Crippen LogP contribution >= 0.6 is 0 Å². The molecule has 2 fully saturated rings. The van der Waals surface area contributed by atoms with E-state index in [1.165, 1.54) is 10.8 Å². The van der Waals surface area contributed by atoms with Crippen molar-refractivity contribution in [2.75, 3.05) is 40.1 Å². The molecule has 7 rings (SSSR count). The average molecular weight is 685 g/mol. The second kappa shape index (κ2) is 16.1. The summed E-state index contributed by atoms with van der Waals surface area (Å²) in [4.78, 5) is 2.13. The minimum atomic E-state index is -1.28. The maximum atomic E-state index is 11.6. The van der Waals surface area contributed by atoms with Gasteiger partial charge in [-0.1, -0.05) is 67.6 Å². The Balaban J connectivity index is 0.967. The van der Waals surface area contributed by atoms with Gasteiger partial charge >= 0.3 is 0 Å². The number of aliphatic hydroxyl groups is 2. The Morgan fingerprint density at radius 3 is 2.56 bits per heavy atom. The molecule has 266 valence electrons. The fourth-order valence-electron chi connectivity index (χ4n) is 7.38. The normalized spacial score (nSPS) is 22.1. The number of hydrogen-bond acceptors (Lipinski definition) is 10. The average Bonchev–Trinajstić information content (AvgIpc) is 3.87. The van der Waals surface area contributed by atoms with Gasteiger partial charge in [-0.05, 0) is 84.0 Å². The highest BCUT2D eigenvalue weighted by atomic mass is 16.7. The van der Waals surface area contributed by atoms with Crippen LogP contribution in [0.5, 0.6) is 17.2 Å². The summed E-state index contributed by atoms with van der Waals surface area (Å²) in [6.45, 7) is 5.06. The third-order valence-corrected chi connectivity index (χ3v) is 9.88. The van der Waals surface area contributed by atoms with Gasteiger partial charge in [-0.2, -0.15) is 0 Å². The lowest BCUT2D eigenvalue weighted by atomic mass is 9.98. The Kier molecular flexibility index (Phi) is 11.2. The molecule has 4 aromatic rings. The quantitative estimate of drug-likeness (QED) is 0.141. The highest BCUT2D eigenvalue weighted by Gasteiger charge is 2.43. The van der Waals surface area contributed by atoms with Gasteiger partial charge in [0.2, 0.25) is 13.2 Å². The lowest BCUT2D eigenvalue weighted by Crippen LogP contribution is -2.52. The number of nitrogens with zero attached hydrogens (tertiary/aromatic N) is 1. The van der Waals surface area contributed by atoms with Gasteiger partial charge in [0.05, 0.1) is 25.4 Å². The third-order valence-electron chi connectivity index (χ3n) is 9.88. The van der Waals surface area contributed by atoms with Crippen molar-refractivity contribution in [2.45, 2.75) is 63.7 Å². The Bertz CT molecular complexity index is 1700. The zero-order valence-corrected chi connectivity index (χ0v) is 28.8. The number of rotatable bonds is 16. The van der Waals surface area contributed by atoms with Crippen molar-refractivity contribution >= 4 is 10.8 Å². The summed E-state index contributed by atoms with van der Waals surface area (Å²) in [5, 5.41) is 28.2. The largest absolute Gasteiger partial charge is 0.489 e. The molecule has 3 heterocycles. The number of aliphatic hydroxyl groups excluding tert-OH is 2. The van der Waals surface area contributed by atoms with Crippen molar-refractivity contribution in [3.8, 4) is 17.2 Å². The smallest absolute Gasteiger partial charge is 0.231 e. The Hall–Kier alpha value is -3.74. The molecule has 0 amide bonds. The molecule has 0 aromatic heterocycles. The van der Waals surface area contributed by atoms with Gasteiger partial charge in [0.15, 0.2) is 17.8 Å². The van der Waals surface area contributed by atoms with Gasteiger partial charge in [-0.15, -0.1) is 0 Å². The molecule has 10 nitrogen and oxygen atoms in total. The van der Waals surface area contributed by atoms with Crippen LogP contribution in [-0.4, -0.2) is 86.2 Å². The molecule has 3 N–H and O–H groups in total. The molecular weight excluding hydrogens is 636 g/mol. The van der Waals surface area contributed by atoms with Crippen LogP contribution in [0.25, 0.3) is 10.8 Å². The highest BCUT2D eigenvalue weighted by Crippen LogP contribution is 2.36. The van der Waals surface area contributed by atoms with Gasteiger partial charge in [0, 0.05) is 25.0 Å². The molecule has 50 heavy (non-hydrogen) atoms. The van der Waals surface area contributed by atoms with Crippen molar-refractivity contribution in [1.29, 1.82) is 0 Å². The number of fused-ring (bicyclic) bond motifs is 3. The van der Waals surface area contributed by atoms with E-state index >= 15 is 0 Å². The van der Waals surface area contributed by atoms with Crippen LogP contribution in [0, 0.1) is 11.8 Å². The number of para-hydroxylation sites is 1. The molecule has 7 atom stereocenters. The van der Waals surface area contributed by atoms with E-state index in [1.807, 2.05) is 55.6 Å². The van der Waals surface area contributed by atoms with E-state index in [0.29, 0.717) is 38.7 Å². The summed E-state index contributed by atoms with van der Waals surface area (Å²) in [6, 6.07) is 28.1. The van der Waals surface area contributed by atoms with E-state index in [0.717, 1.165) is 53.3 Å². The van der Waals surface area contributed by atoms with Gasteiger partial charge in [-0.25, -0.2) is 0 Å². The minimum absolute atomic E-state index is 0.0902. The predicted molar refractivity (Wildman–Crippen MR) is 189 cm³/mol. The zero-order chi connectivity index (χ0) is 34.5. The molecule has 0 aliphatic carbocycles. The number of ether oxygens (including phenoxy) is 6. The zero-order valence-electron chi connectivity index (χ0n) is 28.8. The first-order valence-corrected chi connectivity index (χ1v) is 17.6. The first-order valence-electron chi connectivity index (χ1n) is 17.6. The van der Waals surface area contributed by atoms with Crippen LogP contribution in [0.1, 0.15) is 30.0 Å². The van der Waals surface area contributed by atoms with E-state index in [1.54, 1.807) is 0 Å². The molecule has 3 aliphatic rings. The molecule has 5 unspecified atom stereocenters. The highest BCUT2D eigenvalue weighted by molar-refractivity contribution is 5.82. The van der Waals surface area contributed by atoms with E-state index in [4.69, 9.17) is 28.4 Å². The van der Waals surface area contributed by atoms with Crippen LogP contribution in [0.2, 0.25) is 0 Å². The van der Waals surface area contributed by atoms with Gasteiger partial charge in [0.25, 0.3) is 0 Å². The summed E-state index contributed by atoms with van der Waals surface area (Å²) in [7, 11) is 2.01. The third kappa shape index (κ3) is 8.58. The molecule has 3 aliphatic heterocycles. The maximum absolute atomic E-state index is 11.6. The fourth-order valence-corrected chi connectivity index (χ4v) is 7.38. The van der Waals surface area contributed by atoms with Crippen molar-refractivity contribution in [1.82, 2.24) is 10.2 Å². The van der Waals surface area contributed by atoms with Gasteiger partial charge in [-0.3, -0.25) is 5.32 Å². The molecule has 4 aromatic carbocycles. The van der Waals surface area contributed by atoms with Crippen LogP contribution < -0.4 is 19.5 Å². The number of benzene rings is 4. The van der Waals surface area contributed by atoms with E-state index in [-0.39, 0.29) is 25.1 Å². The molecule has 0 radical (unpaired) electrons. The van der Waals surface area contributed by atoms with Crippen LogP contribution in [0.15, 0.2) is 84.9 Å². The number of likely N-dealkylation sites (N-methyl/N-ethyl adjacent to an activating group) is 1. The first kappa shape index (κ1) is 34.7. The Morgan fingerprint density at radius 2 is 1.70 bits per heavy atom. The standard InChI is InChI=1S/C40H48N2O8/c1-26(18-31-8-5-9-36-38(31)49-25-48-36)21-42(2)22-35(43)34(41-40(44)50-37-24-47-39-33(37)16-17-45-39)20-27-11-14-32(15-12-27)46-23-28-10-13-29-6-3-4-7-30(29)19-28/h3-15,19,26,33-35,37,39-41,43-44H,16-18,20-25H2,1-2H3/t26?,33-,34?,35?,37?,39+,40?/m0/s1. The van der Waals surface area contributed by atoms with E-state index < -0.39 is 18.6 Å². The second-order valence-electron chi connectivity index (χ2n) is 13.9. The summed E-state index contributed by atoms with van der Waals surface area (Å²) >= 11 is 0.